The molecule has 2 N–H and O–H groups in total. The van der Waals surface area contributed by atoms with Crippen molar-refractivity contribution in [3.8, 4) is 11.5 Å². The first kappa shape index (κ1) is 18.3. The summed E-state index contributed by atoms with van der Waals surface area (Å²) in [5.74, 6) is 1.41. The second kappa shape index (κ2) is 9.29. The first-order chi connectivity index (χ1) is 13.3. The molecule has 0 aliphatic carbocycles. The van der Waals surface area contributed by atoms with Gasteiger partial charge in [-0.15, -0.1) is 0 Å². The number of carbonyl (C=O) groups is 1. The number of ether oxygens (including phenoxy) is 2. The Balaban J connectivity index is 1.55. The minimum absolute atomic E-state index is 0.152. The summed E-state index contributed by atoms with van der Waals surface area (Å²) in [6, 6.07) is 24.2. The average molecular weight is 362 g/mol. The first-order valence-electron chi connectivity index (χ1n) is 8.72. The number of anilines is 2. The predicted octanol–water partition coefficient (Wildman–Crippen LogP) is 4.44. The van der Waals surface area contributed by atoms with Gasteiger partial charge in [0.25, 0.3) is 5.91 Å². The average Bonchev–Trinajstić information content (AvgIpc) is 2.72. The van der Waals surface area contributed by atoms with Crippen LogP contribution in [0.15, 0.2) is 78.9 Å². The second-order valence-electron chi connectivity index (χ2n) is 5.82. The second-order valence-corrected chi connectivity index (χ2v) is 5.82. The molecule has 3 rings (SSSR count). The Hall–Kier alpha value is -3.47. The van der Waals surface area contributed by atoms with E-state index >= 15 is 0 Å². The molecular weight excluding hydrogens is 340 g/mol. The van der Waals surface area contributed by atoms with Crippen LogP contribution in [0.25, 0.3) is 0 Å². The van der Waals surface area contributed by atoms with E-state index in [2.05, 4.69) is 10.6 Å². The summed E-state index contributed by atoms with van der Waals surface area (Å²) in [6.07, 6.45) is 0. The van der Waals surface area contributed by atoms with Gasteiger partial charge in [-0.05, 0) is 48.5 Å². The Morgan fingerprint density at radius 1 is 0.852 bits per heavy atom. The van der Waals surface area contributed by atoms with Crippen LogP contribution in [0, 0.1) is 0 Å². The molecule has 138 valence electrons. The van der Waals surface area contributed by atoms with E-state index in [4.69, 9.17) is 9.47 Å². The van der Waals surface area contributed by atoms with Crippen molar-refractivity contribution in [2.45, 2.75) is 0 Å². The molecule has 0 radical (unpaired) electrons. The molecule has 0 saturated carbocycles. The van der Waals surface area contributed by atoms with Crippen molar-refractivity contribution in [3.63, 3.8) is 0 Å². The SMILES string of the molecule is COc1ccc(OCCNc2ccccc2C(=O)Nc2ccccc2)cc1. The zero-order chi connectivity index (χ0) is 18.9. The van der Waals surface area contributed by atoms with Crippen molar-refractivity contribution >= 4 is 17.3 Å². The van der Waals surface area contributed by atoms with Crippen LogP contribution in [0.5, 0.6) is 11.5 Å². The van der Waals surface area contributed by atoms with Gasteiger partial charge in [-0.3, -0.25) is 4.79 Å². The fourth-order valence-corrected chi connectivity index (χ4v) is 2.58. The third kappa shape index (κ3) is 5.25. The minimum Gasteiger partial charge on any atom is -0.497 e. The van der Waals surface area contributed by atoms with Gasteiger partial charge in [-0.1, -0.05) is 30.3 Å². The molecule has 1 amide bonds. The van der Waals surface area contributed by atoms with Crippen LogP contribution >= 0.6 is 0 Å². The van der Waals surface area contributed by atoms with E-state index in [9.17, 15) is 4.79 Å². The van der Waals surface area contributed by atoms with E-state index in [0.29, 0.717) is 18.7 Å². The number of nitrogens with one attached hydrogen (secondary N) is 2. The third-order valence-corrected chi connectivity index (χ3v) is 3.95. The van der Waals surface area contributed by atoms with Crippen LogP contribution in [0.2, 0.25) is 0 Å². The van der Waals surface area contributed by atoms with E-state index < -0.39 is 0 Å². The third-order valence-electron chi connectivity index (χ3n) is 3.95. The highest BCUT2D eigenvalue weighted by Gasteiger charge is 2.10. The van der Waals surface area contributed by atoms with Crippen LogP contribution in [0.1, 0.15) is 10.4 Å². The maximum absolute atomic E-state index is 12.6. The van der Waals surface area contributed by atoms with Crippen molar-refractivity contribution < 1.29 is 14.3 Å². The lowest BCUT2D eigenvalue weighted by molar-refractivity contribution is 0.102. The van der Waals surface area contributed by atoms with Crippen molar-refractivity contribution in [1.29, 1.82) is 0 Å². The number of hydrogen-bond donors (Lipinski definition) is 2. The van der Waals surface area contributed by atoms with Crippen LogP contribution in [0.4, 0.5) is 11.4 Å². The topological polar surface area (TPSA) is 59.6 Å². The Labute approximate surface area is 158 Å². The van der Waals surface area contributed by atoms with Crippen molar-refractivity contribution in [3.05, 3.63) is 84.4 Å². The number of benzene rings is 3. The number of methoxy groups -OCH3 is 1. The summed E-state index contributed by atoms with van der Waals surface area (Å²) < 4.78 is 10.8. The molecule has 0 heterocycles. The lowest BCUT2D eigenvalue weighted by atomic mass is 10.1. The molecule has 0 bridgehead atoms. The molecule has 5 nitrogen and oxygen atoms in total. The summed E-state index contributed by atoms with van der Waals surface area (Å²) in [4.78, 5) is 12.6. The summed E-state index contributed by atoms with van der Waals surface area (Å²) in [6.45, 7) is 1.04. The highest BCUT2D eigenvalue weighted by atomic mass is 16.5. The fraction of sp³-hybridized carbons (Fsp3) is 0.136. The molecule has 0 aliphatic rings. The monoisotopic (exact) mass is 362 g/mol. The Kier molecular flexibility index (Phi) is 6.30. The van der Waals surface area contributed by atoms with E-state index in [0.717, 1.165) is 22.9 Å². The van der Waals surface area contributed by atoms with Gasteiger partial charge in [0, 0.05) is 17.9 Å². The zero-order valence-corrected chi connectivity index (χ0v) is 15.1. The molecule has 0 fully saturated rings. The summed E-state index contributed by atoms with van der Waals surface area (Å²) in [5.41, 5.74) is 2.12. The smallest absolute Gasteiger partial charge is 0.257 e. The lowest BCUT2D eigenvalue weighted by Gasteiger charge is -2.13. The van der Waals surface area contributed by atoms with Crippen LogP contribution < -0.4 is 20.1 Å². The van der Waals surface area contributed by atoms with E-state index in [1.165, 1.54) is 0 Å². The molecule has 0 aliphatic heterocycles. The molecule has 3 aromatic carbocycles. The summed E-state index contributed by atoms with van der Waals surface area (Å²) in [5, 5.41) is 6.17. The summed E-state index contributed by atoms with van der Waals surface area (Å²) >= 11 is 0. The lowest BCUT2D eigenvalue weighted by Crippen LogP contribution is -2.17. The van der Waals surface area contributed by atoms with Gasteiger partial charge in [-0.2, -0.15) is 0 Å². The minimum atomic E-state index is -0.152. The number of amides is 1. The largest absolute Gasteiger partial charge is 0.497 e. The van der Waals surface area contributed by atoms with Gasteiger partial charge in [0.05, 0.1) is 12.7 Å². The van der Waals surface area contributed by atoms with Gasteiger partial charge in [-0.25, -0.2) is 0 Å². The van der Waals surface area contributed by atoms with Gasteiger partial charge in [0.2, 0.25) is 0 Å². The molecule has 5 heteroatoms. The van der Waals surface area contributed by atoms with Gasteiger partial charge >= 0.3 is 0 Å². The Bertz CT molecular complexity index is 864. The predicted molar refractivity (Wildman–Crippen MR) is 108 cm³/mol. The normalized spacial score (nSPS) is 10.1. The highest BCUT2D eigenvalue weighted by molar-refractivity contribution is 6.08. The highest BCUT2D eigenvalue weighted by Crippen LogP contribution is 2.18. The number of carbonyl (C=O) groups excluding carboxylic acids is 1. The van der Waals surface area contributed by atoms with Gasteiger partial charge in [0.1, 0.15) is 18.1 Å². The van der Waals surface area contributed by atoms with Crippen molar-refractivity contribution in [1.82, 2.24) is 0 Å². The van der Waals surface area contributed by atoms with Crippen LogP contribution in [0.3, 0.4) is 0 Å². The standard InChI is InChI=1S/C22H22N2O3/c1-26-18-11-13-19(14-12-18)27-16-15-23-21-10-6-5-9-20(21)22(25)24-17-7-3-2-4-8-17/h2-14,23H,15-16H2,1H3,(H,24,25). The number of para-hydroxylation sites is 2. The van der Waals surface area contributed by atoms with E-state index in [1.807, 2.05) is 72.8 Å². The molecule has 0 unspecified atom stereocenters. The molecule has 0 aromatic heterocycles. The first-order valence-corrected chi connectivity index (χ1v) is 8.72. The Morgan fingerprint density at radius 2 is 1.52 bits per heavy atom. The molecule has 0 atom stereocenters. The molecule has 0 saturated heterocycles. The zero-order valence-electron chi connectivity index (χ0n) is 15.1. The fourth-order valence-electron chi connectivity index (χ4n) is 2.58. The quantitative estimate of drug-likeness (QED) is 0.582. The molecule has 27 heavy (non-hydrogen) atoms. The van der Waals surface area contributed by atoms with Crippen LogP contribution in [-0.2, 0) is 0 Å². The molecular formula is C22H22N2O3. The van der Waals surface area contributed by atoms with Crippen molar-refractivity contribution in [2.24, 2.45) is 0 Å². The molecule has 0 spiro atoms. The van der Waals surface area contributed by atoms with Gasteiger partial charge in [0.15, 0.2) is 0 Å². The van der Waals surface area contributed by atoms with Crippen LogP contribution in [-0.4, -0.2) is 26.2 Å². The maximum Gasteiger partial charge on any atom is 0.257 e. The van der Waals surface area contributed by atoms with E-state index in [-0.39, 0.29) is 5.91 Å². The summed E-state index contributed by atoms with van der Waals surface area (Å²) in [7, 11) is 1.63. The van der Waals surface area contributed by atoms with Crippen molar-refractivity contribution in [2.75, 3.05) is 30.9 Å². The number of rotatable bonds is 8. The number of hydrogen-bond acceptors (Lipinski definition) is 4. The van der Waals surface area contributed by atoms with Gasteiger partial charge < -0.3 is 20.1 Å². The maximum atomic E-state index is 12.6. The Morgan fingerprint density at radius 3 is 2.26 bits per heavy atom. The molecule has 3 aromatic rings. The van der Waals surface area contributed by atoms with E-state index in [1.54, 1.807) is 13.2 Å².